The highest BCUT2D eigenvalue weighted by Gasteiger charge is 2.18. The van der Waals surface area contributed by atoms with Crippen LogP contribution in [0, 0.1) is 6.92 Å². The smallest absolute Gasteiger partial charge is 0.294 e. The molecule has 0 radical (unpaired) electrons. The van der Waals surface area contributed by atoms with Gasteiger partial charge in [0.05, 0.1) is 4.90 Å². The highest BCUT2D eigenvalue weighted by Crippen LogP contribution is 2.19. The Hall–Kier alpha value is -2.00. The van der Waals surface area contributed by atoms with Gasteiger partial charge < -0.3 is 5.43 Å². The molecule has 8 heteroatoms. The Morgan fingerprint density at radius 2 is 1.85 bits per heavy atom. The average Bonchev–Trinajstić information content (AvgIpc) is 2.97. The number of nitrogens with zero attached hydrogens (tertiary/aromatic N) is 1. The third-order valence-electron chi connectivity index (χ3n) is 4.56. The van der Waals surface area contributed by atoms with Gasteiger partial charge in [0, 0.05) is 31.1 Å². The van der Waals surface area contributed by atoms with Crippen molar-refractivity contribution in [3.63, 3.8) is 0 Å². The first-order chi connectivity index (χ1) is 12.9. The molecule has 0 fully saturated rings. The summed E-state index contributed by atoms with van der Waals surface area (Å²) < 4.78 is 34.9. The molecule has 27 heavy (non-hydrogen) atoms. The molecule has 0 aliphatic carbocycles. The SMILES string of the molecule is CCC(CC[n+]1c(C)sc2ccccc21)NNc1ccc(S(=O)(=O)O)cc1. The molecule has 144 valence electrons. The van der Waals surface area contributed by atoms with Crippen LogP contribution in [0.4, 0.5) is 5.69 Å². The van der Waals surface area contributed by atoms with Crippen LogP contribution in [0.1, 0.15) is 24.8 Å². The Bertz CT molecular complexity index is 1010. The van der Waals surface area contributed by atoms with Crippen molar-refractivity contribution in [1.82, 2.24) is 5.43 Å². The number of hydrogen-bond donors (Lipinski definition) is 3. The summed E-state index contributed by atoms with van der Waals surface area (Å²) in [5.74, 6) is 0. The standard InChI is InChI=1S/C19H23N3O3S2/c1-3-15(20-21-16-8-10-17(11-9-16)27(23,24)25)12-13-22-14(2)26-19-7-5-4-6-18(19)22/h4-11,15,20-21H,3,12-13H2,1-2H3/p+1. The predicted molar refractivity (Wildman–Crippen MR) is 108 cm³/mol. The molecule has 0 aliphatic rings. The number of rotatable bonds is 8. The Kier molecular flexibility index (Phi) is 6.11. The van der Waals surface area contributed by atoms with E-state index in [4.69, 9.17) is 4.55 Å². The number of hydrazine groups is 1. The van der Waals surface area contributed by atoms with E-state index < -0.39 is 10.1 Å². The first-order valence-corrected chi connectivity index (χ1v) is 11.1. The lowest BCUT2D eigenvalue weighted by Crippen LogP contribution is -2.41. The minimum atomic E-state index is -4.16. The van der Waals surface area contributed by atoms with Crippen molar-refractivity contribution in [2.45, 2.75) is 44.2 Å². The molecule has 1 aromatic heterocycles. The maximum absolute atomic E-state index is 11.1. The summed E-state index contributed by atoms with van der Waals surface area (Å²) in [5, 5.41) is 1.29. The fourth-order valence-electron chi connectivity index (χ4n) is 2.99. The van der Waals surface area contributed by atoms with Crippen LogP contribution >= 0.6 is 11.3 Å². The van der Waals surface area contributed by atoms with E-state index in [-0.39, 0.29) is 10.9 Å². The summed E-state index contributed by atoms with van der Waals surface area (Å²) in [6.07, 6.45) is 1.91. The molecule has 1 unspecified atom stereocenters. The van der Waals surface area contributed by atoms with Gasteiger partial charge in [0.15, 0.2) is 6.54 Å². The first kappa shape index (κ1) is 19.8. The first-order valence-electron chi connectivity index (χ1n) is 8.85. The van der Waals surface area contributed by atoms with Crippen molar-refractivity contribution in [1.29, 1.82) is 0 Å². The second-order valence-corrected chi connectivity index (χ2v) is 9.06. The van der Waals surface area contributed by atoms with Crippen LogP contribution in [0.25, 0.3) is 10.2 Å². The maximum atomic E-state index is 11.1. The monoisotopic (exact) mass is 406 g/mol. The molecule has 3 N–H and O–H groups in total. The number of aryl methyl sites for hydroxylation is 2. The number of anilines is 1. The number of hydrogen-bond acceptors (Lipinski definition) is 5. The van der Waals surface area contributed by atoms with Gasteiger partial charge >= 0.3 is 0 Å². The van der Waals surface area contributed by atoms with Gasteiger partial charge in [-0.05, 0) is 36.8 Å². The molecule has 6 nitrogen and oxygen atoms in total. The summed E-state index contributed by atoms with van der Waals surface area (Å²) in [7, 11) is -4.16. The average molecular weight is 407 g/mol. The number of para-hydroxylation sites is 1. The van der Waals surface area contributed by atoms with E-state index >= 15 is 0 Å². The van der Waals surface area contributed by atoms with Gasteiger partial charge in [0.2, 0.25) is 10.5 Å². The number of nitrogens with one attached hydrogen (secondary N) is 2. The lowest BCUT2D eigenvalue weighted by atomic mass is 10.1. The van der Waals surface area contributed by atoms with E-state index in [0.29, 0.717) is 0 Å². The van der Waals surface area contributed by atoms with E-state index in [1.807, 2.05) is 11.3 Å². The minimum Gasteiger partial charge on any atom is -0.321 e. The number of aromatic nitrogens is 1. The van der Waals surface area contributed by atoms with Crippen LogP contribution in [-0.4, -0.2) is 19.0 Å². The largest absolute Gasteiger partial charge is 0.321 e. The molecule has 1 heterocycles. The molecular weight excluding hydrogens is 382 g/mol. The zero-order valence-corrected chi connectivity index (χ0v) is 17.0. The van der Waals surface area contributed by atoms with Crippen molar-refractivity contribution in [2.75, 3.05) is 5.43 Å². The summed E-state index contributed by atoms with van der Waals surface area (Å²) in [5.41, 5.74) is 8.43. The molecule has 2 aromatic carbocycles. The van der Waals surface area contributed by atoms with Crippen molar-refractivity contribution >= 4 is 37.4 Å². The van der Waals surface area contributed by atoms with Crippen LogP contribution in [0.2, 0.25) is 0 Å². The van der Waals surface area contributed by atoms with Gasteiger partial charge in [0.1, 0.15) is 4.70 Å². The fourth-order valence-corrected chi connectivity index (χ4v) is 4.51. The van der Waals surface area contributed by atoms with E-state index in [2.05, 4.69) is 53.5 Å². The maximum Gasteiger partial charge on any atom is 0.294 e. The molecule has 1 atom stereocenters. The normalized spacial score (nSPS) is 13.0. The lowest BCUT2D eigenvalue weighted by molar-refractivity contribution is -0.673. The third kappa shape index (κ3) is 4.84. The van der Waals surface area contributed by atoms with Gasteiger partial charge in [-0.3, -0.25) is 4.55 Å². The third-order valence-corrected chi connectivity index (χ3v) is 6.51. The highest BCUT2D eigenvalue weighted by atomic mass is 32.2. The van der Waals surface area contributed by atoms with Crippen molar-refractivity contribution in [3.05, 3.63) is 53.5 Å². The zero-order valence-electron chi connectivity index (χ0n) is 15.3. The lowest BCUT2D eigenvalue weighted by Gasteiger charge is -2.17. The Labute approximate surface area is 163 Å². The van der Waals surface area contributed by atoms with Crippen LogP contribution in [-0.2, 0) is 16.7 Å². The molecule has 3 rings (SSSR count). The molecule has 0 saturated carbocycles. The van der Waals surface area contributed by atoms with Crippen molar-refractivity contribution < 1.29 is 17.5 Å². The topological polar surface area (TPSA) is 82.3 Å². The minimum absolute atomic E-state index is 0.115. The summed E-state index contributed by atoms with van der Waals surface area (Å²) in [6, 6.07) is 14.7. The quantitative estimate of drug-likeness (QED) is 0.303. The van der Waals surface area contributed by atoms with E-state index in [0.717, 1.165) is 25.1 Å². The highest BCUT2D eigenvalue weighted by molar-refractivity contribution is 7.85. The van der Waals surface area contributed by atoms with Crippen LogP contribution < -0.4 is 15.4 Å². The Balaban J connectivity index is 1.60. The summed E-state index contributed by atoms with van der Waals surface area (Å²) in [6.45, 7) is 5.20. The van der Waals surface area contributed by atoms with E-state index in [1.54, 1.807) is 12.1 Å². The predicted octanol–water partition coefficient (Wildman–Crippen LogP) is 3.53. The molecule has 0 aliphatic heterocycles. The summed E-state index contributed by atoms with van der Waals surface area (Å²) >= 11 is 1.81. The number of thiazole rings is 1. The molecule has 3 aromatic rings. The Morgan fingerprint density at radius 1 is 1.15 bits per heavy atom. The van der Waals surface area contributed by atoms with Crippen LogP contribution in [0.15, 0.2) is 53.4 Å². The van der Waals surface area contributed by atoms with Gasteiger partial charge in [-0.1, -0.05) is 30.4 Å². The van der Waals surface area contributed by atoms with Crippen molar-refractivity contribution in [2.24, 2.45) is 0 Å². The number of fused-ring (bicyclic) bond motifs is 1. The van der Waals surface area contributed by atoms with E-state index in [1.165, 1.54) is 27.4 Å². The van der Waals surface area contributed by atoms with Gasteiger partial charge in [-0.2, -0.15) is 13.0 Å². The zero-order chi connectivity index (χ0) is 19.4. The van der Waals surface area contributed by atoms with Gasteiger partial charge in [0.25, 0.3) is 10.1 Å². The second-order valence-electron chi connectivity index (χ2n) is 6.40. The fraction of sp³-hybridized carbons (Fsp3) is 0.316. The van der Waals surface area contributed by atoms with E-state index in [9.17, 15) is 8.42 Å². The molecule has 0 saturated heterocycles. The molecular formula is C19H24N3O3S2+. The van der Waals surface area contributed by atoms with Crippen LogP contribution in [0.5, 0.6) is 0 Å². The number of benzene rings is 2. The van der Waals surface area contributed by atoms with Crippen LogP contribution in [0.3, 0.4) is 0 Å². The van der Waals surface area contributed by atoms with Gasteiger partial charge in [-0.15, -0.1) is 0 Å². The van der Waals surface area contributed by atoms with Gasteiger partial charge in [-0.25, -0.2) is 5.43 Å². The van der Waals surface area contributed by atoms with Crippen molar-refractivity contribution in [3.8, 4) is 0 Å². The molecule has 0 amide bonds. The second kappa shape index (κ2) is 8.35. The molecule has 0 bridgehead atoms. The molecule has 0 spiro atoms. The summed E-state index contributed by atoms with van der Waals surface area (Å²) in [4.78, 5) is -0.115. The Morgan fingerprint density at radius 3 is 2.52 bits per heavy atom.